The predicted molar refractivity (Wildman–Crippen MR) is 141 cm³/mol. The van der Waals surface area contributed by atoms with Crippen LogP contribution in [0.15, 0.2) is 56.3 Å². The van der Waals surface area contributed by atoms with Gasteiger partial charge in [0.2, 0.25) is 5.91 Å². The lowest BCUT2D eigenvalue weighted by Gasteiger charge is -2.47. The number of aliphatic hydroxyl groups is 1. The van der Waals surface area contributed by atoms with Gasteiger partial charge in [-0.15, -0.1) is 0 Å². The molecule has 0 bridgehead atoms. The minimum Gasteiger partial charge on any atom is -0.497 e. The van der Waals surface area contributed by atoms with E-state index in [1.165, 1.54) is 0 Å². The van der Waals surface area contributed by atoms with Gasteiger partial charge >= 0.3 is 5.63 Å². The molecule has 2 aromatic carbocycles. The Morgan fingerprint density at radius 3 is 2.86 bits per heavy atom. The third kappa shape index (κ3) is 4.11. The average Bonchev–Trinajstić information content (AvgIpc) is 3.32. The summed E-state index contributed by atoms with van der Waals surface area (Å²) in [5.41, 5.74) is 2.89. The van der Waals surface area contributed by atoms with Crippen LogP contribution in [0.1, 0.15) is 43.2 Å². The molecule has 6 rings (SSSR count). The highest BCUT2D eigenvalue weighted by Crippen LogP contribution is 2.40. The van der Waals surface area contributed by atoms with Crippen molar-refractivity contribution in [2.45, 2.75) is 51.0 Å². The van der Waals surface area contributed by atoms with E-state index in [-0.39, 0.29) is 18.2 Å². The van der Waals surface area contributed by atoms with Crippen LogP contribution in [0.5, 0.6) is 5.75 Å². The van der Waals surface area contributed by atoms with Crippen molar-refractivity contribution in [2.75, 3.05) is 20.2 Å². The number of methoxy groups -OCH3 is 1. The number of hydrogen-bond acceptors (Lipinski definition) is 6. The van der Waals surface area contributed by atoms with E-state index in [1.54, 1.807) is 19.4 Å². The first-order valence-electron chi connectivity index (χ1n) is 13.0. The van der Waals surface area contributed by atoms with Crippen molar-refractivity contribution in [2.24, 2.45) is 5.92 Å². The van der Waals surface area contributed by atoms with Gasteiger partial charge in [-0.25, -0.2) is 4.79 Å². The monoisotopic (exact) mass is 501 g/mol. The molecule has 1 saturated heterocycles. The van der Waals surface area contributed by atoms with E-state index in [4.69, 9.17) is 13.6 Å². The number of carbonyl (C=O) groups is 1. The summed E-state index contributed by atoms with van der Waals surface area (Å²) in [5.74, 6) is 0.765. The number of furan rings is 1. The molecule has 0 radical (unpaired) electrons. The van der Waals surface area contributed by atoms with Gasteiger partial charge in [-0.2, -0.15) is 0 Å². The van der Waals surface area contributed by atoms with Crippen LogP contribution in [0.2, 0.25) is 0 Å². The molecule has 1 saturated carbocycles. The zero-order chi connectivity index (χ0) is 25.7. The molecule has 1 aliphatic carbocycles. The Labute approximate surface area is 214 Å². The van der Waals surface area contributed by atoms with E-state index in [0.717, 1.165) is 58.9 Å². The molecule has 4 aromatic rings. The highest BCUT2D eigenvalue weighted by molar-refractivity contribution is 6.02. The first-order valence-corrected chi connectivity index (χ1v) is 13.0. The van der Waals surface area contributed by atoms with Gasteiger partial charge in [0, 0.05) is 41.4 Å². The molecule has 37 heavy (non-hydrogen) atoms. The highest BCUT2D eigenvalue weighted by atomic mass is 16.5. The Morgan fingerprint density at radius 1 is 1.16 bits per heavy atom. The number of amides is 1. The molecule has 2 aliphatic rings. The summed E-state index contributed by atoms with van der Waals surface area (Å²) < 4.78 is 16.9. The Morgan fingerprint density at radius 2 is 2.03 bits per heavy atom. The molecule has 192 valence electrons. The first kappa shape index (κ1) is 23.8. The van der Waals surface area contributed by atoms with Gasteiger partial charge in [0.15, 0.2) is 0 Å². The van der Waals surface area contributed by atoms with Gasteiger partial charge in [0.25, 0.3) is 0 Å². The second-order valence-corrected chi connectivity index (χ2v) is 10.5. The summed E-state index contributed by atoms with van der Waals surface area (Å²) in [6.07, 6.45) is 6.16. The van der Waals surface area contributed by atoms with Gasteiger partial charge in [0.05, 0.1) is 31.0 Å². The summed E-state index contributed by atoms with van der Waals surface area (Å²) in [4.78, 5) is 28.1. The van der Waals surface area contributed by atoms with Crippen LogP contribution in [0.4, 0.5) is 0 Å². The van der Waals surface area contributed by atoms with Gasteiger partial charge in [0.1, 0.15) is 16.9 Å². The molecule has 1 aliphatic heterocycles. The number of likely N-dealkylation sites (tertiary alicyclic amines) is 1. The van der Waals surface area contributed by atoms with Crippen LogP contribution < -0.4 is 10.4 Å². The first-order chi connectivity index (χ1) is 17.9. The smallest absolute Gasteiger partial charge is 0.340 e. The zero-order valence-electron chi connectivity index (χ0n) is 21.2. The number of hydrogen-bond donors (Lipinski definition) is 1. The number of carbonyl (C=O) groups excluding carboxylic acids is 1. The summed E-state index contributed by atoms with van der Waals surface area (Å²) >= 11 is 0. The van der Waals surface area contributed by atoms with Crippen LogP contribution in [-0.4, -0.2) is 41.7 Å². The molecule has 2 fully saturated rings. The molecule has 1 amide bonds. The number of rotatable bonds is 4. The lowest BCUT2D eigenvalue weighted by Crippen LogP contribution is -2.55. The van der Waals surface area contributed by atoms with Crippen molar-refractivity contribution in [1.29, 1.82) is 0 Å². The molecule has 0 unspecified atom stereocenters. The number of fused-ring (bicyclic) bond motifs is 3. The fraction of sp³-hybridized carbons (Fsp3) is 0.400. The van der Waals surface area contributed by atoms with Crippen LogP contribution in [0, 0.1) is 12.8 Å². The van der Waals surface area contributed by atoms with Crippen LogP contribution in [-0.2, 0) is 11.2 Å². The standard InChI is InChI=1S/C30H31NO6/c1-18-22-13-24-25(19-6-5-8-21(12-19)35-2)17-36-26(24)15-27(22)37-29(33)23(18)14-28(32)31-11-10-30(34)9-4-3-7-20(30)16-31/h5-6,8,12-13,15,17,20,34H,3-4,7,9-11,14,16H2,1-2H3/t20-,30+/m0/s1. The number of aryl methyl sites for hydroxylation is 1. The van der Waals surface area contributed by atoms with Crippen molar-refractivity contribution in [3.8, 4) is 16.9 Å². The minimum absolute atomic E-state index is 0.0125. The van der Waals surface area contributed by atoms with E-state index < -0.39 is 11.2 Å². The van der Waals surface area contributed by atoms with Crippen molar-refractivity contribution in [3.05, 3.63) is 64.2 Å². The third-order valence-corrected chi connectivity index (χ3v) is 8.47. The highest BCUT2D eigenvalue weighted by Gasteiger charge is 2.43. The second kappa shape index (κ2) is 9.06. The van der Waals surface area contributed by atoms with Gasteiger partial charge < -0.3 is 23.6 Å². The molecule has 0 spiro atoms. The maximum atomic E-state index is 13.3. The SMILES string of the molecule is COc1cccc(-c2coc3cc4oc(=O)c(CC(=O)N5CC[C@]6(O)CCCC[C@H]6C5)c(C)c4cc23)c1. The van der Waals surface area contributed by atoms with E-state index in [2.05, 4.69) is 0 Å². The molecule has 7 nitrogen and oxygen atoms in total. The summed E-state index contributed by atoms with van der Waals surface area (Å²) in [7, 11) is 1.63. The number of piperidine rings is 1. The van der Waals surface area contributed by atoms with Gasteiger partial charge in [-0.3, -0.25) is 4.79 Å². The van der Waals surface area contributed by atoms with Crippen LogP contribution in [0.25, 0.3) is 33.1 Å². The fourth-order valence-electron chi connectivity index (χ4n) is 6.19. The Hall–Kier alpha value is -3.58. The largest absolute Gasteiger partial charge is 0.497 e. The van der Waals surface area contributed by atoms with E-state index >= 15 is 0 Å². The lowest BCUT2D eigenvalue weighted by molar-refractivity contribution is -0.142. The third-order valence-electron chi connectivity index (χ3n) is 8.47. The fourth-order valence-corrected chi connectivity index (χ4v) is 6.19. The van der Waals surface area contributed by atoms with Crippen molar-refractivity contribution >= 4 is 27.8 Å². The van der Waals surface area contributed by atoms with Crippen molar-refractivity contribution < 1.29 is 23.5 Å². The Kier molecular flexibility index (Phi) is 5.83. The van der Waals surface area contributed by atoms with Crippen LogP contribution >= 0.6 is 0 Å². The molecule has 2 aromatic heterocycles. The maximum Gasteiger partial charge on any atom is 0.340 e. The quantitative estimate of drug-likeness (QED) is 0.386. The van der Waals surface area contributed by atoms with Crippen molar-refractivity contribution in [1.82, 2.24) is 4.90 Å². The predicted octanol–water partition coefficient (Wildman–Crippen LogP) is 5.22. The zero-order valence-corrected chi connectivity index (χ0v) is 21.2. The Bertz CT molecular complexity index is 1570. The maximum absolute atomic E-state index is 13.3. The average molecular weight is 502 g/mol. The summed E-state index contributed by atoms with van der Waals surface area (Å²) in [5, 5.41) is 12.6. The van der Waals surface area contributed by atoms with Gasteiger partial charge in [-0.05, 0) is 55.5 Å². The summed E-state index contributed by atoms with van der Waals surface area (Å²) in [6.45, 7) is 2.94. The topological polar surface area (TPSA) is 93.1 Å². The molecule has 1 N–H and O–H groups in total. The van der Waals surface area contributed by atoms with Gasteiger partial charge in [-0.1, -0.05) is 25.0 Å². The van der Waals surface area contributed by atoms with E-state index in [1.807, 2.05) is 42.2 Å². The Balaban J connectivity index is 1.34. The minimum atomic E-state index is -0.649. The normalized spacial score (nSPS) is 21.8. The lowest BCUT2D eigenvalue weighted by atomic mass is 9.71. The van der Waals surface area contributed by atoms with Crippen LogP contribution in [0.3, 0.4) is 0 Å². The number of benzene rings is 2. The number of ether oxygens (including phenoxy) is 1. The molecule has 3 heterocycles. The van der Waals surface area contributed by atoms with E-state index in [9.17, 15) is 14.7 Å². The second-order valence-electron chi connectivity index (χ2n) is 10.5. The molecule has 2 atom stereocenters. The molecular weight excluding hydrogens is 470 g/mol. The number of nitrogens with zero attached hydrogens (tertiary/aromatic N) is 1. The van der Waals surface area contributed by atoms with E-state index in [0.29, 0.717) is 36.2 Å². The molecule has 7 heteroatoms. The van der Waals surface area contributed by atoms with Crippen molar-refractivity contribution in [3.63, 3.8) is 0 Å². The molecular formula is C30H31NO6. The summed E-state index contributed by atoms with van der Waals surface area (Å²) in [6, 6.07) is 11.5.